The van der Waals surface area contributed by atoms with Gasteiger partial charge < -0.3 is 10.0 Å². The highest BCUT2D eigenvalue weighted by atomic mass is 35.5. The van der Waals surface area contributed by atoms with E-state index < -0.39 is 5.97 Å². The number of benzene rings is 1. The Kier molecular flexibility index (Phi) is 6.34. The molecule has 0 fully saturated rings. The van der Waals surface area contributed by atoms with Crippen LogP contribution >= 0.6 is 22.9 Å². The highest BCUT2D eigenvalue weighted by Crippen LogP contribution is 2.25. The second kappa shape index (κ2) is 8.26. The number of carboxylic acid groups (broad SMARTS) is 1. The van der Waals surface area contributed by atoms with E-state index in [-0.39, 0.29) is 31.3 Å². The number of carbonyl (C=O) groups excluding carboxylic acids is 1. The van der Waals surface area contributed by atoms with Gasteiger partial charge in [0.25, 0.3) is 0 Å². The topological polar surface area (TPSA) is 70.5 Å². The van der Waals surface area contributed by atoms with Crippen molar-refractivity contribution in [3.05, 3.63) is 40.4 Å². The molecule has 0 spiro atoms. The van der Waals surface area contributed by atoms with Crippen molar-refractivity contribution in [3.8, 4) is 10.6 Å². The number of halogens is 1. The fourth-order valence-electron chi connectivity index (χ4n) is 2.26. The lowest BCUT2D eigenvalue weighted by Crippen LogP contribution is -2.39. The first kappa shape index (κ1) is 18.4. The van der Waals surface area contributed by atoms with Crippen LogP contribution in [0.1, 0.15) is 26.0 Å². The van der Waals surface area contributed by atoms with Crippen molar-refractivity contribution in [1.29, 1.82) is 0 Å². The maximum Gasteiger partial charge on any atom is 0.305 e. The highest BCUT2D eigenvalue weighted by molar-refractivity contribution is 7.13. The zero-order valence-electron chi connectivity index (χ0n) is 13.5. The van der Waals surface area contributed by atoms with Crippen molar-refractivity contribution in [2.75, 3.05) is 6.54 Å². The van der Waals surface area contributed by atoms with Gasteiger partial charge in [-0.05, 0) is 26.0 Å². The third-order valence-corrected chi connectivity index (χ3v) is 4.68. The fourth-order valence-corrected chi connectivity index (χ4v) is 3.21. The zero-order chi connectivity index (χ0) is 17.7. The summed E-state index contributed by atoms with van der Waals surface area (Å²) in [5.41, 5.74) is 1.64. The van der Waals surface area contributed by atoms with Crippen molar-refractivity contribution < 1.29 is 14.7 Å². The minimum absolute atomic E-state index is 0.0498. The molecule has 0 saturated heterocycles. The van der Waals surface area contributed by atoms with E-state index >= 15 is 0 Å². The average Bonchev–Trinajstić information content (AvgIpc) is 2.95. The van der Waals surface area contributed by atoms with Crippen LogP contribution in [0.2, 0.25) is 5.02 Å². The maximum atomic E-state index is 12.4. The second-order valence-electron chi connectivity index (χ2n) is 5.65. The molecule has 0 unspecified atom stereocenters. The molecule has 0 saturated carbocycles. The number of hydrogen-bond acceptors (Lipinski definition) is 4. The van der Waals surface area contributed by atoms with E-state index in [1.807, 2.05) is 31.4 Å². The van der Waals surface area contributed by atoms with Gasteiger partial charge in [-0.3, -0.25) is 9.59 Å². The number of thiazole rings is 1. The van der Waals surface area contributed by atoms with Crippen molar-refractivity contribution >= 4 is 34.8 Å². The van der Waals surface area contributed by atoms with Crippen molar-refractivity contribution in [3.63, 3.8) is 0 Å². The minimum atomic E-state index is -0.910. The summed E-state index contributed by atoms with van der Waals surface area (Å²) >= 11 is 7.35. The van der Waals surface area contributed by atoms with Gasteiger partial charge in [0.15, 0.2) is 0 Å². The lowest BCUT2D eigenvalue weighted by Gasteiger charge is -2.25. The smallest absolute Gasteiger partial charge is 0.305 e. The van der Waals surface area contributed by atoms with E-state index in [1.54, 1.807) is 17.0 Å². The molecule has 0 radical (unpaired) electrons. The molecule has 0 aliphatic carbocycles. The Balaban J connectivity index is 2.05. The molecule has 7 heteroatoms. The van der Waals surface area contributed by atoms with Crippen LogP contribution in [0.3, 0.4) is 0 Å². The Hall–Kier alpha value is -1.92. The van der Waals surface area contributed by atoms with Gasteiger partial charge >= 0.3 is 5.97 Å². The van der Waals surface area contributed by atoms with Gasteiger partial charge in [-0.2, -0.15) is 0 Å². The molecule has 1 N–H and O–H groups in total. The Bertz CT molecular complexity index is 713. The first-order valence-corrected chi connectivity index (χ1v) is 8.84. The molecule has 0 aliphatic rings. The molecule has 2 rings (SSSR count). The molecular formula is C17H19ClN2O3S. The van der Waals surface area contributed by atoms with E-state index in [2.05, 4.69) is 4.98 Å². The molecule has 1 amide bonds. The summed E-state index contributed by atoms with van der Waals surface area (Å²) < 4.78 is 0. The Morgan fingerprint density at radius 2 is 1.96 bits per heavy atom. The summed E-state index contributed by atoms with van der Waals surface area (Å²) in [6.45, 7) is 3.96. The summed E-state index contributed by atoms with van der Waals surface area (Å²) in [4.78, 5) is 29.2. The van der Waals surface area contributed by atoms with Crippen molar-refractivity contribution in [2.45, 2.75) is 32.7 Å². The summed E-state index contributed by atoms with van der Waals surface area (Å²) in [5, 5.41) is 12.2. The highest BCUT2D eigenvalue weighted by Gasteiger charge is 2.19. The molecule has 5 nitrogen and oxygen atoms in total. The first-order valence-electron chi connectivity index (χ1n) is 7.58. The summed E-state index contributed by atoms with van der Waals surface area (Å²) in [6, 6.07) is 7.33. The predicted octanol–water partition coefficient (Wildman–Crippen LogP) is 3.72. The van der Waals surface area contributed by atoms with Crippen LogP contribution in [-0.2, 0) is 16.0 Å². The van der Waals surface area contributed by atoms with Gasteiger partial charge in [-0.25, -0.2) is 4.98 Å². The summed E-state index contributed by atoms with van der Waals surface area (Å²) in [6.07, 6.45) is 0.110. The molecule has 0 aliphatic heterocycles. The van der Waals surface area contributed by atoms with Crippen LogP contribution in [-0.4, -0.2) is 39.5 Å². The average molecular weight is 367 g/mol. The van der Waals surface area contributed by atoms with E-state index in [4.69, 9.17) is 16.7 Å². The van der Waals surface area contributed by atoms with Gasteiger partial charge in [-0.15, -0.1) is 11.3 Å². The molecule has 128 valence electrons. The van der Waals surface area contributed by atoms with Gasteiger partial charge in [-0.1, -0.05) is 23.7 Å². The van der Waals surface area contributed by atoms with Gasteiger partial charge in [0.2, 0.25) is 5.91 Å². The van der Waals surface area contributed by atoms with Crippen molar-refractivity contribution in [2.24, 2.45) is 0 Å². The molecule has 2 aromatic rings. The van der Waals surface area contributed by atoms with Crippen LogP contribution in [0, 0.1) is 0 Å². The van der Waals surface area contributed by atoms with Crippen LogP contribution in [0.25, 0.3) is 10.6 Å². The minimum Gasteiger partial charge on any atom is -0.481 e. The lowest BCUT2D eigenvalue weighted by atomic mass is 10.2. The number of nitrogens with zero attached hydrogens (tertiary/aromatic N) is 2. The van der Waals surface area contributed by atoms with E-state index in [1.165, 1.54) is 11.3 Å². The van der Waals surface area contributed by atoms with Crippen molar-refractivity contribution in [1.82, 2.24) is 9.88 Å². The monoisotopic (exact) mass is 366 g/mol. The van der Waals surface area contributed by atoms with E-state index in [0.717, 1.165) is 10.6 Å². The fraction of sp³-hybridized carbons (Fsp3) is 0.353. The number of aliphatic carboxylic acids is 1. The molecule has 24 heavy (non-hydrogen) atoms. The van der Waals surface area contributed by atoms with E-state index in [9.17, 15) is 9.59 Å². The molecular weight excluding hydrogens is 348 g/mol. The quantitative estimate of drug-likeness (QED) is 0.810. The third-order valence-electron chi connectivity index (χ3n) is 3.49. The van der Waals surface area contributed by atoms with Crippen LogP contribution < -0.4 is 0 Å². The van der Waals surface area contributed by atoms with Gasteiger partial charge in [0.05, 0.1) is 18.5 Å². The Morgan fingerprint density at radius 3 is 2.54 bits per heavy atom. The number of amides is 1. The van der Waals surface area contributed by atoms with Gasteiger partial charge in [0, 0.05) is 28.6 Å². The standard InChI is InChI=1S/C17H19ClN2O3S/c1-11(2)20(8-7-16(22)23)15(21)9-14-10-24-17(19-14)12-3-5-13(18)6-4-12/h3-6,10-11H,7-9H2,1-2H3,(H,22,23). The Labute approximate surface area is 149 Å². The number of aromatic nitrogens is 1. The van der Waals surface area contributed by atoms with Crippen LogP contribution in [0.4, 0.5) is 0 Å². The maximum absolute atomic E-state index is 12.4. The molecule has 1 aromatic carbocycles. The number of carbonyl (C=O) groups is 2. The number of hydrogen-bond donors (Lipinski definition) is 1. The molecule has 0 atom stereocenters. The molecule has 1 aromatic heterocycles. The normalized spacial score (nSPS) is 10.8. The second-order valence-corrected chi connectivity index (χ2v) is 6.95. The van der Waals surface area contributed by atoms with Crippen LogP contribution in [0.15, 0.2) is 29.6 Å². The molecule has 1 heterocycles. The predicted molar refractivity (Wildman–Crippen MR) is 95.4 cm³/mol. The lowest BCUT2D eigenvalue weighted by molar-refractivity contribution is -0.139. The largest absolute Gasteiger partial charge is 0.481 e. The third kappa shape index (κ3) is 5.04. The number of carboxylic acids is 1. The van der Waals surface area contributed by atoms with E-state index in [0.29, 0.717) is 10.7 Å². The Morgan fingerprint density at radius 1 is 1.29 bits per heavy atom. The van der Waals surface area contributed by atoms with Gasteiger partial charge in [0.1, 0.15) is 5.01 Å². The SMILES string of the molecule is CC(C)N(CCC(=O)O)C(=O)Cc1csc(-c2ccc(Cl)cc2)n1. The zero-order valence-corrected chi connectivity index (χ0v) is 15.1. The molecule has 0 bridgehead atoms. The summed E-state index contributed by atoms with van der Waals surface area (Å²) in [5.74, 6) is -1.02. The first-order chi connectivity index (χ1) is 11.4. The van der Waals surface area contributed by atoms with Crippen LogP contribution in [0.5, 0.6) is 0 Å². The summed E-state index contributed by atoms with van der Waals surface area (Å²) in [7, 11) is 0. The number of rotatable bonds is 7.